The Morgan fingerprint density at radius 2 is 1.81 bits per heavy atom. The van der Waals surface area contributed by atoms with E-state index in [9.17, 15) is 0 Å². The van der Waals surface area contributed by atoms with Crippen LogP contribution in [0, 0.1) is 5.92 Å². The number of piperidine rings is 1. The first kappa shape index (κ1) is 14.0. The Kier molecular flexibility index (Phi) is 7.87. The second kappa shape index (κ2) is 9.00. The van der Waals surface area contributed by atoms with Crippen molar-refractivity contribution in [2.24, 2.45) is 5.92 Å². The third-order valence-electron chi connectivity index (χ3n) is 3.79. The molecule has 1 aliphatic heterocycles. The summed E-state index contributed by atoms with van der Waals surface area (Å²) in [7, 11) is 0. The molecular formula is C14H30N2. The van der Waals surface area contributed by atoms with Crippen molar-refractivity contribution in [3.63, 3.8) is 0 Å². The van der Waals surface area contributed by atoms with Gasteiger partial charge >= 0.3 is 0 Å². The Labute approximate surface area is 102 Å². The quantitative estimate of drug-likeness (QED) is 0.640. The molecule has 1 aliphatic rings. The molecule has 0 aromatic heterocycles. The maximum Gasteiger partial charge on any atom is -0.00157 e. The normalized spacial score (nSPS) is 19.1. The van der Waals surface area contributed by atoms with Crippen molar-refractivity contribution in [3.8, 4) is 0 Å². The topological polar surface area (TPSA) is 15.3 Å². The van der Waals surface area contributed by atoms with Crippen molar-refractivity contribution in [1.82, 2.24) is 10.2 Å². The summed E-state index contributed by atoms with van der Waals surface area (Å²) >= 11 is 0. The molecule has 0 unspecified atom stereocenters. The molecule has 1 saturated heterocycles. The number of nitrogens with one attached hydrogen (secondary N) is 1. The van der Waals surface area contributed by atoms with E-state index in [1.807, 2.05) is 0 Å². The van der Waals surface area contributed by atoms with Crippen molar-refractivity contribution < 1.29 is 0 Å². The van der Waals surface area contributed by atoms with Gasteiger partial charge in [0.2, 0.25) is 0 Å². The van der Waals surface area contributed by atoms with E-state index >= 15 is 0 Å². The number of hydrogen-bond acceptors (Lipinski definition) is 2. The predicted octanol–water partition coefficient (Wildman–Crippen LogP) is 2.89. The Morgan fingerprint density at radius 3 is 2.44 bits per heavy atom. The fourth-order valence-corrected chi connectivity index (χ4v) is 2.49. The van der Waals surface area contributed by atoms with Gasteiger partial charge in [0, 0.05) is 0 Å². The van der Waals surface area contributed by atoms with Crippen LogP contribution in [0.25, 0.3) is 0 Å². The zero-order valence-corrected chi connectivity index (χ0v) is 11.3. The van der Waals surface area contributed by atoms with Gasteiger partial charge in [-0.15, -0.1) is 0 Å². The van der Waals surface area contributed by atoms with Crippen LogP contribution in [0.3, 0.4) is 0 Å². The number of rotatable bonds is 8. The first-order valence-corrected chi connectivity index (χ1v) is 7.29. The van der Waals surface area contributed by atoms with Gasteiger partial charge in [0.25, 0.3) is 0 Å². The molecule has 0 amide bonds. The largest absolute Gasteiger partial charge is 0.316 e. The van der Waals surface area contributed by atoms with E-state index in [4.69, 9.17) is 0 Å². The van der Waals surface area contributed by atoms with Gasteiger partial charge in [-0.3, -0.25) is 0 Å². The van der Waals surface area contributed by atoms with E-state index in [-0.39, 0.29) is 0 Å². The van der Waals surface area contributed by atoms with Gasteiger partial charge in [-0.2, -0.15) is 0 Å². The van der Waals surface area contributed by atoms with Crippen LogP contribution in [0.4, 0.5) is 0 Å². The third-order valence-corrected chi connectivity index (χ3v) is 3.79. The lowest BCUT2D eigenvalue weighted by molar-refractivity contribution is 0.190. The molecule has 0 atom stereocenters. The molecule has 0 aliphatic carbocycles. The van der Waals surface area contributed by atoms with E-state index < -0.39 is 0 Å². The van der Waals surface area contributed by atoms with Crippen LogP contribution in [-0.4, -0.2) is 37.6 Å². The van der Waals surface area contributed by atoms with Gasteiger partial charge in [-0.25, -0.2) is 0 Å². The molecule has 0 radical (unpaired) electrons. The molecule has 0 bridgehead atoms. The first-order chi connectivity index (χ1) is 7.86. The van der Waals surface area contributed by atoms with Crippen LogP contribution in [0.5, 0.6) is 0 Å². The summed E-state index contributed by atoms with van der Waals surface area (Å²) in [4.78, 5) is 2.57. The summed E-state index contributed by atoms with van der Waals surface area (Å²) in [5.74, 6) is 0.939. The van der Waals surface area contributed by atoms with Crippen molar-refractivity contribution >= 4 is 0 Å². The summed E-state index contributed by atoms with van der Waals surface area (Å²) in [5, 5.41) is 3.63. The van der Waals surface area contributed by atoms with Crippen molar-refractivity contribution in [3.05, 3.63) is 0 Å². The van der Waals surface area contributed by atoms with E-state index in [1.54, 1.807) is 0 Å². The predicted molar refractivity (Wildman–Crippen MR) is 71.8 cm³/mol. The van der Waals surface area contributed by atoms with Gasteiger partial charge in [0.05, 0.1) is 0 Å². The highest BCUT2D eigenvalue weighted by atomic mass is 15.1. The zero-order valence-electron chi connectivity index (χ0n) is 11.3. The van der Waals surface area contributed by atoms with Gasteiger partial charge in [-0.1, -0.05) is 33.1 Å². The van der Waals surface area contributed by atoms with Crippen molar-refractivity contribution in [2.75, 3.05) is 32.7 Å². The fourth-order valence-electron chi connectivity index (χ4n) is 2.49. The lowest BCUT2D eigenvalue weighted by atomic mass is 9.97. The minimum Gasteiger partial charge on any atom is -0.316 e. The zero-order chi connectivity index (χ0) is 11.6. The summed E-state index contributed by atoms with van der Waals surface area (Å²) in [6.45, 7) is 10.9. The molecule has 0 aromatic carbocycles. The van der Waals surface area contributed by atoms with Crippen LogP contribution < -0.4 is 5.32 Å². The van der Waals surface area contributed by atoms with Crippen molar-refractivity contribution in [1.29, 1.82) is 0 Å². The highest BCUT2D eigenvalue weighted by Gasteiger charge is 2.16. The molecule has 0 saturated carbocycles. The molecular weight excluding hydrogens is 196 g/mol. The molecule has 16 heavy (non-hydrogen) atoms. The van der Waals surface area contributed by atoms with E-state index in [0.29, 0.717) is 0 Å². The number of nitrogens with zero attached hydrogens (tertiary/aromatic N) is 1. The minimum absolute atomic E-state index is 0.939. The average molecular weight is 226 g/mol. The molecule has 1 N–H and O–H groups in total. The lowest BCUT2D eigenvalue weighted by Crippen LogP contribution is -2.37. The van der Waals surface area contributed by atoms with E-state index in [2.05, 4.69) is 24.1 Å². The minimum atomic E-state index is 0.939. The summed E-state index contributed by atoms with van der Waals surface area (Å²) in [6, 6.07) is 0. The van der Waals surface area contributed by atoms with Gasteiger partial charge in [0.1, 0.15) is 0 Å². The van der Waals surface area contributed by atoms with Crippen LogP contribution in [-0.2, 0) is 0 Å². The van der Waals surface area contributed by atoms with Gasteiger partial charge in [0.15, 0.2) is 0 Å². The summed E-state index contributed by atoms with van der Waals surface area (Å²) < 4.78 is 0. The standard InChI is InChI=1S/C14H30N2/c1-3-5-6-7-10-15-13-14-8-11-16(4-2)12-9-14/h14-15H,3-13H2,1-2H3. The highest BCUT2D eigenvalue weighted by Crippen LogP contribution is 2.15. The molecule has 0 spiro atoms. The maximum atomic E-state index is 3.63. The molecule has 96 valence electrons. The second-order valence-corrected chi connectivity index (χ2v) is 5.14. The Hall–Kier alpha value is -0.0800. The summed E-state index contributed by atoms with van der Waals surface area (Å²) in [5.41, 5.74) is 0. The Morgan fingerprint density at radius 1 is 1.06 bits per heavy atom. The average Bonchev–Trinajstić information content (AvgIpc) is 2.34. The van der Waals surface area contributed by atoms with E-state index in [0.717, 1.165) is 5.92 Å². The van der Waals surface area contributed by atoms with E-state index in [1.165, 1.54) is 71.2 Å². The lowest BCUT2D eigenvalue weighted by Gasteiger charge is -2.31. The number of unbranched alkanes of at least 4 members (excludes halogenated alkanes) is 3. The molecule has 1 fully saturated rings. The number of hydrogen-bond donors (Lipinski definition) is 1. The molecule has 2 heteroatoms. The SMILES string of the molecule is CCCCCCNCC1CCN(CC)CC1. The van der Waals surface area contributed by atoms with Crippen LogP contribution in [0.1, 0.15) is 52.4 Å². The Bertz CT molecular complexity index is 151. The van der Waals surface area contributed by atoms with Gasteiger partial charge in [-0.05, 0) is 57.9 Å². The summed E-state index contributed by atoms with van der Waals surface area (Å²) in [6.07, 6.45) is 8.30. The first-order valence-electron chi connectivity index (χ1n) is 7.29. The Balaban J connectivity index is 1.90. The second-order valence-electron chi connectivity index (χ2n) is 5.14. The monoisotopic (exact) mass is 226 g/mol. The van der Waals surface area contributed by atoms with Crippen LogP contribution in [0.15, 0.2) is 0 Å². The third kappa shape index (κ3) is 5.86. The van der Waals surface area contributed by atoms with Crippen LogP contribution in [0.2, 0.25) is 0 Å². The maximum absolute atomic E-state index is 3.63. The molecule has 2 nitrogen and oxygen atoms in total. The fraction of sp³-hybridized carbons (Fsp3) is 1.00. The molecule has 0 aromatic rings. The molecule has 1 heterocycles. The van der Waals surface area contributed by atoms with Crippen molar-refractivity contribution in [2.45, 2.75) is 52.4 Å². The molecule has 1 rings (SSSR count). The smallest absolute Gasteiger partial charge is 0.00157 e. The number of likely N-dealkylation sites (tertiary alicyclic amines) is 1. The highest BCUT2D eigenvalue weighted by molar-refractivity contribution is 4.72. The van der Waals surface area contributed by atoms with Gasteiger partial charge < -0.3 is 10.2 Å². The van der Waals surface area contributed by atoms with Crippen LogP contribution >= 0.6 is 0 Å².